The van der Waals surface area contributed by atoms with Gasteiger partial charge in [-0.05, 0) is 46.2 Å². The van der Waals surface area contributed by atoms with Crippen molar-refractivity contribution < 1.29 is 14.0 Å². The summed E-state index contributed by atoms with van der Waals surface area (Å²) in [5.74, 6) is 0. The van der Waals surface area contributed by atoms with Gasteiger partial charge in [0.25, 0.3) is 0 Å². The van der Waals surface area contributed by atoms with Crippen molar-refractivity contribution in [3.05, 3.63) is 23.5 Å². The highest BCUT2D eigenvalue weighted by Crippen LogP contribution is 2.36. The van der Waals surface area contributed by atoms with Crippen molar-refractivity contribution in [3.63, 3.8) is 0 Å². The van der Waals surface area contributed by atoms with Crippen LogP contribution in [0, 0.1) is 6.92 Å². The second-order valence-electron chi connectivity index (χ2n) is 6.05. The van der Waals surface area contributed by atoms with Crippen molar-refractivity contribution in [1.29, 1.82) is 0 Å². The highest BCUT2D eigenvalue weighted by molar-refractivity contribution is 6.62. The molecular weight excluding hydrogens is 241 g/mol. The molecule has 5 heteroatoms. The molecule has 104 valence electrons. The number of hydrogen-bond acceptors (Lipinski definition) is 4. The molecule has 1 aliphatic heterocycles. The summed E-state index contributed by atoms with van der Waals surface area (Å²) in [6.45, 7) is 10.8. The second kappa shape index (κ2) is 4.89. The Bertz CT molecular complexity index is 458. The highest BCUT2D eigenvalue weighted by Gasteiger charge is 2.52. The number of pyridine rings is 1. The van der Waals surface area contributed by atoms with Crippen LogP contribution >= 0.6 is 0 Å². The van der Waals surface area contributed by atoms with E-state index in [4.69, 9.17) is 14.0 Å². The van der Waals surface area contributed by atoms with Crippen LogP contribution in [0.25, 0.3) is 0 Å². The van der Waals surface area contributed by atoms with Crippen molar-refractivity contribution in [2.45, 2.75) is 52.4 Å². The first kappa shape index (κ1) is 14.5. The maximum atomic E-state index is 6.04. The quantitative estimate of drug-likeness (QED) is 0.780. The topological polar surface area (TPSA) is 40.6 Å². The van der Waals surface area contributed by atoms with Crippen LogP contribution < -0.4 is 5.46 Å². The zero-order valence-corrected chi connectivity index (χ0v) is 12.6. The van der Waals surface area contributed by atoms with E-state index in [1.165, 1.54) is 0 Å². The van der Waals surface area contributed by atoms with Gasteiger partial charge >= 0.3 is 7.12 Å². The fourth-order valence-corrected chi connectivity index (χ4v) is 2.07. The summed E-state index contributed by atoms with van der Waals surface area (Å²) >= 11 is 0. The van der Waals surface area contributed by atoms with Crippen molar-refractivity contribution >= 4 is 12.6 Å². The average Bonchev–Trinajstić information content (AvgIpc) is 2.48. The van der Waals surface area contributed by atoms with Gasteiger partial charge in [-0.3, -0.25) is 4.98 Å². The maximum absolute atomic E-state index is 6.04. The zero-order valence-electron chi connectivity index (χ0n) is 12.6. The van der Waals surface area contributed by atoms with Crippen LogP contribution in [0.3, 0.4) is 0 Å². The second-order valence-corrected chi connectivity index (χ2v) is 6.05. The normalized spacial score (nSPS) is 20.8. The zero-order chi connectivity index (χ0) is 14.3. The van der Waals surface area contributed by atoms with Crippen molar-refractivity contribution in [2.75, 3.05) is 7.11 Å². The summed E-state index contributed by atoms with van der Waals surface area (Å²) in [5.41, 5.74) is 2.37. The van der Waals surface area contributed by atoms with E-state index in [1.54, 1.807) is 7.11 Å². The van der Waals surface area contributed by atoms with Gasteiger partial charge in [-0.2, -0.15) is 0 Å². The van der Waals surface area contributed by atoms with Crippen molar-refractivity contribution in [1.82, 2.24) is 4.98 Å². The van der Waals surface area contributed by atoms with Gasteiger partial charge in [-0.15, -0.1) is 0 Å². The van der Waals surface area contributed by atoms with E-state index in [-0.39, 0.29) is 18.3 Å². The van der Waals surface area contributed by atoms with Crippen molar-refractivity contribution in [3.8, 4) is 0 Å². The Kier molecular flexibility index (Phi) is 3.73. The van der Waals surface area contributed by atoms with E-state index in [0.29, 0.717) is 6.61 Å². The molecule has 1 fully saturated rings. The number of ether oxygens (including phenoxy) is 1. The Morgan fingerprint density at radius 1 is 1.21 bits per heavy atom. The van der Waals surface area contributed by atoms with Gasteiger partial charge in [0.1, 0.15) is 0 Å². The van der Waals surface area contributed by atoms with E-state index in [2.05, 4.69) is 32.7 Å². The Balaban J connectivity index is 2.25. The summed E-state index contributed by atoms with van der Waals surface area (Å²) in [6.07, 6.45) is 1.83. The van der Waals surface area contributed by atoms with Gasteiger partial charge < -0.3 is 14.0 Å². The molecule has 0 unspecified atom stereocenters. The van der Waals surface area contributed by atoms with Gasteiger partial charge in [0.05, 0.1) is 23.5 Å². The number of aromatic nitrogens is 1. The smallest absolute Gasteiger partial charge is 0.399 e. The van der Waals surface area contributed by atoms with E-state index in [0.717, 1.165) is 16.7 Å². The number of methoxy groups -OCH3 is 1. The van der Waals surface area contributed by atoms with Gasteiger partial charge in [0, 0.05) is 18.8 Å². The molecule has 0 aromatic carbocycles. The van der Waals surface area contributed by atoms with Crippen LogP contribution in [-0.2, 0) is 20.7 Å². The fourth-order valence-electron chi connectivity index (χ4n) is 2.07. The van der Waals surface area contributed by atoms with Crippen LogP contribution in [0.1, 0.15) is 39.0 Å². The minimum Gasteiger partial charge on any atom is -0.399 e. The molecule has 0 aliphatic carbocycles. The van der Waals surface area contributed by atoms with Crippen LogP contribution in [0.15, 0.2) is 12.3 Å². The first-order valence-electron chi connectivity index (χ1n) is 6.57. The monoisotopic (exact) mass is 263 g/mol. The van der Waals surface area contributed by atoms with E-state index in [1.807, 2.05) is 19.2 Å². The van der Waals surface area contributed by atoms with E-state index < -0.39 is 0 Å². The standard InChI is InChI=1S/C14H22BNO3/c1-10-7-11(9-17-6)16-8-12(10)15-18-13(2,3)14(4,5)19-15/h7-8H,9H2,1-6H3. The molecule has 2 heterocycles. The summed E-state index contributed by atoms with van der Waals surface area (Å²) in [4.78, 5) is 4.38. The molecule has 0 bridgehead atoms. The van der Waals surface area contributed by atoms with E-state index in [9.17, 15) is 0 Å². The third kappa shape index (κ3) is 2.68. The number of rotatable bonds is 3. The molecule has 1 saturated heterocycles. The minimum atomic E-state index is -0.353. The van der Waals surface area contributed by atoms with Gasteiger partial charge in [0.2, 0.25) is 0 Å². The average molecular weight is 263 g/mol. The van der Waals surface area contributed by atoms with Crippen molar-refractivity contribution in [2.24, 2.45) is 0 Å². The lowest BCUT2D eigenvalue weighted by Crippen LogP contribution is -2.41. The molecule has 0 spiro atoms. The fraction of sp³-hybridized carbons (Fsp3) is 0.643. The van der Waals surface area contributed by atoms with E-state index >= 15 is 0 Å². The summed E-state index contributed by atoms with van der Waals surface area (Å²) in [7, 11) is 1.31. The van der Waals surface area contributed by atoms with Gasteiger partial charge in [0.15, 0.2) is 0 Å². The Morgan fingerprint density at radius 2 is 1.79 bits per heavy atom. The molecule has 2 rings (SSSR count). The lowest BCUT2D eigenvalue weighted by molar-refractivity contribution is 0.00578. The molecule has 1 aliphatic rings. The predicted molar refractivity (Wildman–Crippen MR) is 75.4 cm³/mol. The summed E-state index contributed by atoms with van der Waals surface area (Å²) in [6, 6.07) is 2.02. The van der Waals surface area contributed by atoms with Crippen LogP contribution in [0.4, 0.5) is 0 Å². The molecule has 1 aromatic rings. The largest absolute Gasteiger partial charge is 0.496 e. The third-order valence-corrected chi connectivity index (χ3v) is 4.01. The molecule has 4 nitrogen and oxygen atoms in total. The first-order valence-corrected chi connectivity index (χ1v) is 6.57. The maximum Gasteiger partial charge on any atom is 0.496 e. The van der Waals surface area contributed by atoms with Gasteiger partial charge in [-0.25, -0.2) is 0 Å². The number of hydrogen-bond donors (Lipinski definition) is 0. The third-order valence-electron chi connectivity index (χ3n) is 4.01. The molecule has 0 saturated carbocycles. The van der Waals surface area contributed by atoms with Crippen LogP contribution in [-0.4, -0.2) is 30.4 Å². The molecule has 19 heavy (non-hydrogen) atoms. The molecule has 0 N–H and O–H groups in total. The minimum absolute atomic E-state index is 0.324. The number of nitrogens with zero attached hydrogens (tertiary/aromatic N) is 1. The Hall–Kier alpha value is -0.905. The Labute approximate surface area is 115 Å². The van der Waals surface area contributed by atoms with Crippen LogP contribution in [0.2, 0.25) is 0 Å². The molecule has 0 amide bonds. The molecule has 0 atom stereocenters. The summed E-state index contributed by atoms with van der Waals surface area (Å²) < 4.78 is 17.2. The molecule has 1 aromatic heterocycles. The number of aryl methyl sites for hydroxylation is 1. The Morgan fingerprint density at radius 3 is 2.26 bits per heavy atom. The van der Waals surface area contributed by atoms with Crippen LogP contribution in [0.5, 0.6) is 0 Å². The van der Waals surface area contributed by atoms with Gasteiger partial charge in [-0.1, -0.05) is 0 Å². The molecular formula is C14H22BNO3. The molecule has 0 radical (unpaired) electrons. The predicted octanol–water partition coefficient (Wildman–Crippen LogP) is 1.84. The lowest BCUT2D eigenvalue weighted by Gasteiger charge is -2.32. The lowest BCUT2D eigenvalue weighted by atomic mass is 9.77. The summed E-state index contributed by atoms with van der Waals surface area (Å²) in [5, 5.41) is 0. The SMILES string of the molecule is COCc1cc(C)c(B2OC(C)(C)C(C)(C)O2)cn1. The first-order chi connectivity index (χ1) is 8.77. The highest BCUT2D eigenvalue weighted by atomic mass is 16.7.